The van der Waals surface area contributed by atoms with Crippen LogP contribution in [-0.2, 0) is 0 Å². The molecule has 4 nitrogen and oxygen atoms in total. The Labute approximate surface area is 106 Å². The van der Waals surface area contributed by atoms with Gasteiger partial charge in [-0.2, -0.15) is 0 Å². The van der Waals surface area contributed by atoms with Crippen LogP contribution in [0.5, 0.6) is 5.75 Å². The number of hydrogen-bond acceptors (Lipinski definition) is 6. The lowest BCUT2D eigenvalue weighted by Gasteiger charge is -2.05. The molecule has 0 atom stereocenters. The van der Waals surface area contributed by atoms with E-state index in [-0.39, 0.29) is 0 Å². The fourth-order valence-corrected chi connectivity index (χ4v) is 3.13. The quantitative estimate of drug-likeness (QED) is 0.805. The lowest BCUT2D eigenvalue weighted by molar-refractivity contribution is 0.398. The fourth-order valence-electron chi connectivity index (χ4n) is 1.04. The van der Waals surface area contributed by atoms with Gasteiger partial charge in [0.1, 0.15) is 6.33 Å². The first-order valence-corrected chi connectivity index (χ1v) is 6.42. The molecule has 0 N–H and O–H groups in total. The third-order valence-electron chi connectivity index (χ3n) is 1.71. The third kappa shape index (κ3) is 2.45. The maximum atomic E-state index is 5.89. The van der Waals surface area contributed by atoms with Crippen LogP contribution in [-0.4, -0.2) is 22.1 Å². The van der Waals surface area contributed by atoms with Crippen LogP contribution in [0.1, 0.15) is 5.69 Å². The molecule has 16 heavy (non-hydrogen) atoms. The normalized spacial score (nSPS) is 10.4. The maximum Gasteiger partial charge on any atom is 0.189 e. The van der Waals surface area contributed by atoms with Crippen LogP contribution in [0.2, 0.25) is 5.15 Å². The lowest BCUT2D eigenvalue weighted by Crippen LogP contribution is -1.92. The van der Waals surface area contributed by atoms with E-state index in [1.165, 1.54) is 18.1 Å². The van der Waals surface area contributed by atoms with E-state index in [4.69, 9.17) is 16.3 Å². The van der Waals surface area contributed by atoms with Gasteiger partial charge in [-0.15, -0.1) is 11.3 Å². The van der Waals surface area contributed by atoms with Crippen molar-refractivity contribution in [3.05, 3.63) is 22.6 Å². The number of halogens is 1. The van der Waals surface area contributed by atoms with Gasteiger partial charge in [-0.05, 0) is 18.7 Å². The van der Waals surface area contributed by atoms with Crippen molar-refractivity contribution in [2.24, 2.45) is 0 Å². The van der Waals surface area contributed by atoms with E-state index in [2.05, 4.69) is 15.0 Å². The minimum absolute atomic E-state index is 0.313. The molecule has 0 saturated heterocycles. The Hall–Kier alpha value is -0.850. The van der Waals surface area contributed by atoms with Crippen LogP contribution in [0.25, 0.3) is 0 Å². The molecule has 0 unspecified atom stereocenters. The molecule has 2 rings (SSSR count). The van der Waals surface area contributed by atoms with Gasteiger partial charge in [0.25, 0.3) is 0 Å². The Morgan fingerprint density at radius 1 is 1.44 bits per heavy atom. The van der Waals surface area contributed by atoms with Crippen LogP contribution in [0.4, 0.5) is 0 Å². The van der Waals surface area contributed by atoms with Gasteiger partial charge < -0.3 is 4.74 Å². The molecule has 0 bridgehead atoms. The first-order chi connectivity index (χ1) is 7.70. The molecule has 0 aliphatic rings. The smallest absolute Gasteiger partial charge is 0.189 e. The Kier molecular flexibility index (Phi) is 3.63. The van der Waals surface area contributed by atoms with E-state index in [9.17, 15) is 0 Å². The summed E-state index contributed by atoms with van der Waals surface area (Å²) < 4.78 is 6.06. The molecule has 0 spiro atoms. The summed E-state index contributed by atoms with van der Waals surface area (Å²) in [6, 6.07) is 0. The summed E-state index contributed by atoms with van der Waals surface area (Å²) >= 11 is 8.88. The predicted molar refractivity (Wildman–Crippen MR) is 64.6 cm³/mol. The zero-order valence-corrected chi connectivity index (χ0v) is 11.0. The first-order valence-electron chi connectivity index (χ1n) is 4.35. The number of methoxy groups -OCH3 is 1. The molecule has 7 heteroatoms. The third-order valence-corrected chi connectivity index (χ3v) is 4.02. The minimum Gasteiger partial charge on any atom is -0.491 e. The van der Waals surface area contributed by atoms with Gasteiger partial charge >= 0.3 is 0 Å². The van der Waals surface area contributed by atoms with E-state index < -0.39 is 0 Å². The summed E-state index contributed by atoms with van der Waals surface area (Å²) in [7, 11) is 1.54. The number of rotatable bonds is 3. The van der Waals surface area contributed by atoms with E-state index in [1.807, 2.05) is 12.3 Å². The fraction of sp³-hybridized carbons (Fsp3) is 0.222. The van der Waals surface area contributed by atoms with Crippen LogP contribution in [0.15, 0.2) is 21.1 Å². The maximum absolute atomic E-state index is 5.89. The van der Waals surface area contributed by atoms with Crippen molar-refractivity contribution in [2.45, 2.75) is 16.3 Å². The zero-order chi connectivity index (χ0) is 11.5. The monoisotopic (exact) mass is 273 g/mol. The summed E-state index contributed by atoms with van der Waals surface area (Å²) in [5.41, 5.74) is 0.992. The van der Waals surface area contributed by atoms with Gasteiger partial charge in [0, 0.05) is 11.1 Å². The molecule has 2 aromatic heterocycles. The average molecular weight is 274 g/mol. The number of hydrogen-bond donors (Lipinski definition) is 0. The number of ether oxygens (including phenoxy) is 1. The van der Waals surface area contributed by atoms with Crippen molar-refractivity contribution in [1.82, 2.24) is 15.0 Å². The Balaban J connectivity index is 2.30. The highest BCUT2D eigenvalue weighted by Gasteiger charge is 2.13. The van der Waals surface area contributed by atoms with Gasteiger partial charge in [0.05, 0.1) is 7.11 Å². The molecule has 0 aromatic carbocycles. The van der Waals surface area contributed by atoms with Gasteiger partial charge in [-0.3, -0.25) is 0 Å². The molecule has 0 amide bonds. The summed E-state index contributed by atoms with van der Waals surface area (Å²) in [5.74, 6) is 0.488. The SMILES string of the molecule is COc1c(Cl)ncnc1Sc1nc(C)cs1. The van der Waals surface area contributed by atoms with E-state index >= 15 is 0 Å². The number of aromatic nitrogens is 3. The van der Waals surface area contributed by atoms with E-state index in [0.717, 1.165) is 10.0 Å². The van der Waals surface area contributed by atoms with Crippen LogP contribution in [0.3, 0.4) is 0 Å². The topological polar surface area (TPSA) is 47.9 Å². The highest BCUT2D eigenvalue weighted by molar-refractivity contribution is 8.01. The lowest BCUT2D eigenvalue weighted by atomic mass is 10.6. The largest absolute Gasteiger partial charge is 0.491 e. The zero-order valence-electron chi connectivity index (χ0n) is 8.60. The molecule has 0 aliphatic carbocycles. The van der Waals surface area contributed by atoms with Crippen molar-refractivity contribution in [1.29, 1.82) is 0 Å². The molecule has 2 heterocycles. The second-order valence-corrected chi connectivity index (χ2v) is 5.31. The Morgan fingerprint density at radius 3 is 2.88 bits per heavy atom. The summed E-state index contributed by atoms with van der Waals surface area (Å²) in [4.78, 5) is 12.3. The first kappa shape index (κ1) is 11.6. The Bertz CT molecular complexity index is 503. The molecule has 84 valence electrons. The van der Waals surface area contributed by atoms with Crippen LogP contribution < -0.4 is 4.74 Å². The molecular formula is C9H8ClN3OS2. The van der Waals surface area contributed by atoms with Crippen molar-refractivity contribution in [3.63, 3.8) is 0 Å². The van der Waals surface area contributed by atoms with Crippen LogP contribution >= 0.6 is 34.7 Å². The minimum atomic E-state index is 0.313. The molecule has 0 radical (unpaired) electrons. The summed E-state index contributed by atoms with van der Waals surface area (Å²) in [6.07, 6.45) is 1.41. The average Bonchev–Trinajstić information content (AvgIpc) is 2.64. The van der Waals surface area contributed by atoms with Gasteiger partial charge in [-0.1, -0.05) is 11.6 Å². The second kappa shape index (κ2) is 4.99. The molecule has 0 saturated carbocycles. The van der Waals surface area contributed by atoms with E-state index in [1.54, 1.807) is 18.4 Å². The highest BCUT2D eigenvalue weighted by atomic mass is 35.5. The standard InChI is InChI=1S/C9H8ClN3OS2/c1-5-3-15-9(13-5)16-8-6(14-2)7(10)11-4-12-8/h3-4H,1-2H3. The number of thiazole rings is 1. The van der Waals surface area contributed by atoms with E-state index in [0.29, 0.717) is 15.9 Å². The van der Waals surface area contributed by atoms with Gasteiger partial charge in [0.15, 0.2) is 20.3 Å². The van der Waals surface area contributed by atoms with Crippen molar-refractivity contribution >= 4 is 34.7 Å². The number of aryl methyl sites for hydroxylation is 1. The predicted octanol–water partition coefficient (Wildman–Crippen LogP) is 3.05. The summed E-state index contributed by atoms with van der Waals surface area (Å²) in [6.45, 7) is 1.95. The van der Waals surface area contributed by atoms with Crippen molar-refractivity contribution in [2.75, 3.05) is 7.11 Å². The molecule has 2 aromatic rings. The highest BCUT2D eigenvalue weighted by Crippen LogP contribution is 2.37. The molecule has 0 aliphatic heterocycles. The Morgan fingerprint density at radius 2 is 2.25 bits per heavy atom. The number of nitrogens with zero attached hydrogens (tertiary/aromatic N) is 3. The van der Waals surface area contributed by atoms with Crippen molar-refractivity contribution < 1.29 is 4.74 Å². The van der Waals surface area contributed by atoms with Crippen LogP contribution in [0, 0.1) is 6.92 Å². The summed E-state index contributed by atoms with van der Waals surface area (Å²) in [5, 5.41) is 2.97. The molecular weight excluding hydrogens is 266 g/mol. The van der Waals surface area contributed by atoms with Gasteiger partial charge in [0.2, 0.25) is 0 Å². The van der Waals surface area contributed by atoms with Crippen molar-refractivity contribution in [3.8, 4) is 5.75 Å². The van der Waals surface area contributed by atoms with Gasteiger partial charge in [-0.25, -0.2) is 15.0 Å². The second-order valence-electron chi connectivity index (χ2n) is 2.86. The molecule has 0 fully saturated rings.